The monoisotopic (exact) mass is 453 g/mol. The first kappa shape index (κ1) is 23.8. The topological polar surface area (TPSA) is 95.7 Å². The van der Waals surface area contributed by atoms with E-state index < -0.39 is 12.1 Å². The lowest BCUT2D eigenvalue weighted by atomic mass is 9.74. The number of nitrogens with zero attached hydrogens (tertiary/aromatic N) is 2. The van der Waals surface area contributed by atoms with Gasteiger partial charge in [0, 0.05) is 43.1 Å². The highest BCUT2D eigenvalue weighted by Gasteiger charge is 2.48. The Morgan fingerprint density at radius 1 is 1.25 bits per heavy atom. The first-order valence-corrected chi connectivity index (χ1v) is 10.3. The number of carboxylic acid groups (broad SMARTS) is 1. The van der Waals surface area contributed by atoms with Gasteiger partial charge in [0.15, 0.2) is 0 Å². The van der Waals surface area contributed by atoms with E-state index in [9.17, 15) is 18.0 Å². The molecule has 2 aliphatic rings. The molecule has 2 aromatic rings. The summed E-state index contributed by atoms with van der Waals surface area (Å²) in [5.41, 5.74) is 3.37. The van der Waals surface area contributed by atoms with Crippen LogP contribution in [-0.4, -0.2) is 51.8 Å². The number of carbonyl (C=O) groups excluding carboxylic acids is 1. The lowest BCUT2D eigenvalue weighted by molar-refractivity contribution is -0.192. The third-order valence-electron chi connectivity index (χ3n) is 6.20. The molecule has 1 amide bonds. The summed E-state index contributed by atoms with van der Waals surface area (Å²) in [7, 11) is 0. The van der Waals surface area contributed by atoms with E-state index in [4.69, 9.17) is 14.4 Å². The summed E-state index contributed by atoms with van der Waals surface area (Å²) in [6.07, 6.45) is -2.50. The van der Waals surface area contributed by atoms with Gasteiger partial charge < -0.3 is 14.9 Å². The molecule has 10 heteroatoms. The second-order valence-electron chi connectivity index (χ2n) is 8.25. The Kier molecular flexibility index (Phi) is 6.92. The molecule has 2 saturated heterocycles. The Morgan fingerprint density at radius 3 is 2.34 bits per heavy atom. The van der Waals surface area contributed by atoms with E-state index in [2.05, 4.69) is 39.6 Å². The molecule has 1 atom stereocenters. The molecule has 2 fully saturated rings. The number of nitrogens with one attached hydrogen (secondary N) is 1. The van der Waals surface area contributed by atoms with Crippen LogP contribution in [0.5, 0.6) is 0 Å². The predicted molar refractivity (Wildman–Crippen MR) is 109 cm³/mol. The van der Waals surface area contributed by atoms with Crippen molar-refractivity contribution < 1.29 is 32.4 Å². The SMILES string of the molecule is Cc1noc(C)c1CN1CCC2(CC1)NC(=O)CC2c1ccccc1.O=C(O)C(F)(F)F. The van der Waals surface area contributed by atoms with Crippen molar-refractivity contribution in [3.63, 3.8) is 0 Å². The number of carboxylic acids is 1. The standard InChI is InChI=1S/C20H25N3O2.C2HF3O2/c1-14-17(15(2)25-22-14)13-23-10-8-20(9-11-23)18(12-19(24)21-20)16-6-4-3-5-7-16;3-2(4,5)1(6)7/h3-7,18H,8-13H2,1-2H3,(H,21,24);(H,6,7). The summed E-state index contributed by atoms with van der Waals surface area (Å²) in [4.78, 5) is 23.5. The summed E-state index contributed by atoms with van der Waals surface area (Å²) in [6, 6.07) is 10.5. The van der Waals surface area contributed by atoms with Gasteiger partial charge in [-0.3, -0.25) is 9.69 Å². The maximum absolute atomic E-state index is 12.2. The number of alkyl halides is 3. The van der Waals surface area contributed by atoms with Crippen LogP contribution in [0.3, 0.4) is 0 Å². The first-order valence-electron chi connectivity index (χ1n) is 10.3. The number of amides is 1. The zero-order valence-electron chi connectivity index (χ0n) is 17.9. The minimum Gasteiger partial charge on any atom is -0.475 e. The smallest absolute Gasteiger partial charge is 0.475 e. The van der Waals surface area contributed by atoms with Crippen LogP contribution in [0.15, 0.2) is 34.9 Å². The number of halogens is 3. The Labute approximate surface area is 183 Å². The fourth-order valence-corrected chi connectivity index (χ4v) is 4.45. The summed E-state index contributed by atoms with van der Waals surface area (Å²) < 4.78 is 37.0. The fraction of sp³-hybridized carbons (Fsp3) is 0.500. The molecule has 1 aromatic heterocycles. The van der Waals surface area contributed by atoms with Gasteiger partial charge in [0.25, 0.3) is 0 Å². The van der Waals surface area contributed by atoms with E-state index in [1.807, 2.05) is 19.9 Å². The number of aryl methyl sites for hydroxylation is 2. The van der Waals surface area contributed by atoms with Crippen LogP contribution in [0.25, 0.3) is 0 Å². The third-order valence-corrected chi connectivity index (χ3v) is 6.20. The molecule has 7 nitrogen and oxygen atoms in total. The quantitative estimate of drug-likeness (QED) is 0.738. The second-order valence-corrected chi connectivity index (χ2v) is 8.25. The van der Waals surface area contributed by atoms with Gasteiger partial charge >= 0.3 is 12.1 Å². The third kappa shape index (κ3) is 5.29. The van der Waals surface area contributed by atoms with Gasteiger partial charge in [-0.05, 0) is 32.3 Å². The van der Waals surface area contributed by atoms with Crippen LogP contribution in [0, 0.1) is 13.8 Å². The average molecular weight is 453 g/mol. The van der Waals surface area contributed by atoms with Gasteiger partial charge in [-0.25, -0.2) is 4.79 Å². The minimum absolute atomic E-state index is 0.0896. The molecule has 3 heterocycles. The van der Waals surface area contributed by atoms with Gasteiger partial charge in [0.1, 0.15) is 5.76 Å². The van der Waals surface area contributed by atoms with Crippen LogP contribution in [0.1, 0.15) is 47.8 Å². The van der Waals surface area contributed by atoms with E-state index in [1.54, 1.807) is 0 Å². The number of hydrogen-bond acceptors (Lipinski definition) is 5. The van der Waals surface area contributed by atoms with E-state index in [0.29, 0.717) is 6.42 Å². The first-order chi connectivity index (χ1) is 15.0. The minimum atomic E-state index is -5.08. The van der Waals surface area contributed by atoms with Crippen LogP contribution < -0.4 is 5.32 Å². The molecule has 4 rings (SSSR count). The van der Waals surface area contributed by atoms with E-state index in [-0.39, 0.29) is 17.4 Å². The summed E-state index contributed by atoms with van der Waals surface area (Å²) in [6.45, 7) is 6.81. The van der Waals surface area contributed by atoms with Crippen molar-refractivity contribution in [2.45, 2.75) is 57.3 Å². The molecule has 1 unspecified atom stereocenters. The molecule has 174 valence electrons. The molecule has 0 aliphatic carbocycles. The summed E-state index contributed by atoms with van der Waals surface area (Å²) >= 11 is 0. The molecular weight excluding hydrogens is 427 g/mol. The van der Waals surface area contributed by atoms with Crippen molar-refractivity contribution in [2.75, 3.05) is 13.1 Å². The van der Waals surface area contributed by atoms with Crippen molar-refractivity contribution in [3.05, 3.63) is 52.9 Å². The van der Waals surface area contributed by atoms with Crippen LogP contribution in [0.4, 0.5) is 13.2 Å². The largest absolute Gasteiger partial charge is 0.490 e. The van der Waals surface area contributed by atoms with Crippen molar-refractivity contribution in [3.8, 4) is 0 Å². The van der Waals surface area contributed by atoms with Crippen molar-refractivity contribution in [1.82, 2.24) is 15.4 Å². The number of benzene rings is 1. The fourth-order valence-electron chi connectivity index (χ4n) is 4.45. The predicted octanol–water partition coefficient (Wildman–Crippen LogP) is 3.56. The Balaban J connectivity index is 0.000000360. The highest BCUT2D eigenvalue weighted by Crippen LogP contribution is 2.43. The van der Waals surface area contributed by atoms with E-state index in [1.165, 1.54) is 11.1 Å². The Bertz CT molecular complexity index is 932. The number of aliphatic carboxylic acids is 1. The highest BCUT2D eigenvalue weighted by atomic mass is 19.4. The molecule has 0 bridgehead atoms. The van der Waals surface area contributed by atoms with Gasteiger partial charge in [-0.1, -0.05) is 35.5 Å². The van der Waals surface area contributed by atoms with Gasteiger partial charge in [0.05, 0.1) is 5.69 Å². The normalized spacial score (nSPS) is 20.5. The van der Waals surface area contributed by atoms with Gasteiger partial charge in [-0.2, -0.15) is 13.2 Å². The van der Waals surface area contributed by atoms with Crippen LogP contribution >= 0.6 is 0 Å². The number of rotatable bonds is 3. The van der Waals surface area contributed by atoms with E-state index >= 15 is 0 Å². The van der Waals surface area contributed by atoms with Gasteiger partial charge in [-0.15, -0.1) is 0 Å². The molecule has 0 saturated carbocycles. The molecular formula is C22H26F3N3O4. The molecule has 2 N–H and O–H groups in total. The summed E-state index contributed by atoms with van der Waals surface area (Å²) in [5.74, 6) is -1.38. The lowest BCUT2D eigenvalue weighted by Crippen LogP contribution is -2.53. The van der Waals surface area contributed by atoms with Gasteiger partial charge in [0.2, 0.25) is 5.91 Å². The number of likely N-dealkylation sites (tertiary alicyclic amines) is 1. The van der Waals surface area contributed by atoms with Crippen molar-refractivity contribution in [1.29, 1.82) is 0 Å². The number of carbonyl (C=O) groups is 2. The second kappa shape index (κ2) is 9.32. The maximum Gasteiger partial charge on any atom is 0.490 e. The average Bonchev–Trinajstić information content (AvgIpc) is 3.23. The number of hydrogen-bond donors (Lipinski definition) is 2. The molecule has 2 aliphatic heterocycles. The highest BCUT2D eigenvalue weighted by molar-refractivity contribution is 5.81. The van der Waals surface area contributed by atoms with Crippen LogP contribution in [0.2, 0.25) is 0 Å². The molecule has 32 heavy (non-hydrogen) atoms. The molecule has 0 radical (unpaired) electrons. The number of aromatic nitrogens is 1. The zero-order chi connectivity index (χ0) is 23.5. The number of piperidine rings is 1. The maximum atomic E-state index is 12.2. The van der Waals surface area contributed by atoms with Crippen LogP contribution in [-0.2, 0) is 16.1 Å². The van der Waals surface area contributed by atoms with E-state index in [0.717, 1.165) is 43.9 Å². The Hall–Kier alpha value is -2.88. The lowest BCUT2D eigenvalue weighted by Gasteiger charge is -2.43. The van der Waals surface area contributed by atoms with Crippen molar-refractivity contribution in [2.24, 2.45) is 0 Å². The molecule has 1 aromatic carbocycles. The summed E-state index contributed by atoms with van der Waals surface area (Å²) in [5, 5.41) is 14.5. The Morgan fingerprint density at radius 2 is 1.84 bits per heavy atom. The van der Waals surface area contributed by atoms with Crippen molar-refractivity contribution >= 4 is 11.9 Å². The molecule has 1 spiro atoms. The zero-order valence-corrected chi connectivity index (χ0v) is 17.9.